The highest BCUT2D eigenvalue weighted by Gasteiger charge is 2.15. The van der Waals surface area contributed by atoms with Gasteiger partial charge in [-0.1, -0.05) is 0 Å². The molecule has 0 atom stereocenters. The molecule has 1 rings (SSSR count). The van der Waals surface area contributed by atoms with Gasteiger partial charge in [0.2, 0.25) is 0 Å². The third kappa shape index (κ3) is 1.99. The van der Waals surface area contributed by atoms with Crippen LogP contribution in [0.25, 0.3) is 0 Å². The molecule has 0 aromatic heterocycles. The second kappa shape index (κ2) is 3.26. The summed E-state index contributed by atoms with van der Waals surface area (Å²) < 4.78 is 22.1. The molecular weight excluding hydrogens is 208 g/mol. The molecule has 0 aliphatic carbocycles. The van der Waals surface area contributed by atoms with Crippen molar-refractivity contribution < 1.29 is 13.3 Å². The average Bonchev–Trinajstić information content (AvgIpc) is 2.01. The summed E-state index contributed by atoms with van der Waals surface area (Å²) in [4.78, 5) is 9.67. The van der Waals surface area contributed by atoms with Crippen molar-refractivity contribution in [1.82, 2.24) is 0 Å². The van der Waals surface area contributed by atoms with Gasteiger partial charge in [0, 0.05) is 12.3 Å². The molecule has 0 heterocycles. The van der Waals surface area contributed by atoms with Crippen molar-refractivity contribution in [2.45, 2.75) is 4.90 Å². The van der Waals surface area contributed by atoms with E-state index in [1.165, 1.54) is 0 Å². The first-order valence-corrected chi connectivity index (χ1v) is 5.45. The summed E-state index contributed by atoms with van der Waals surface area (Å²) in [6.45, 7) is 0. The summed E-state index contributed by atoms with van der Waals surface area (Å²) in [5.74, 6) is 0. The van der Waals surface area contributed by atoms with E-state index >= 15 is 0 Å². The lowest BCUT2D eigenvalue weighted by Crippen LogP contribution is -2.01. The maximum Gasteiger partial charge on any atom is 0.292 e. The van der Waals surface area contributed by atoms with Gasteiger partial charge in [0.05, 0.1) is 9.82 Å². The van der Waals surface area contributed by atoms with Crippen molar-refractivity contribution in [2.75, 3.05) is 12.0 Å². The van der Waals surface area contributed by atoms with E-state index in [1.54, 1.807) is 0 Å². The quantitative estimate of drug-likeness (QED) is 0.442. The lowest BCUT2D eigenvalue weighted by molar-refractivity contribution is -0.383. The molecule has 1 aromatic carbocycles. The monoisotopic (exact) mass is 216 g/mol. The van der Waals surface area contributed by atoms with Crippen LogP contribution >= 0.6 is 0 Å². The van der Waals surface area contributed by atoms with E-state index in [1.807, 2.05) is 0 Å². The maximum absolute atomic E-state index is 11.0. The van der Waals surface area contributed by atoms with Gasteiger partial charge in [-0.2, -0.15) is 0 Å². The molecule has 0 spiro atoms. The number of anilines is 1. The fraction of sp³-hybridized carbons (Fsp3) is 0.143. The van der Waals surface area contributed by atoms with Crippen LogP contribution in [-0.4, -0.2) is 19.6 Å². The molecule has 0 bridgehead atoms. The average molecular weight is 216 g/mol. The Hall–Kier alpha value is -1.63. The number of hydrogen-bond donors (Lipinski definition) is 1. The molecule has 0 saturated carbocycles. The first kappa shape index (κ1) is 10.5. The predicted molar refractivity (Wildman–Crippen MR) is 50.6 cm³/mol. The van der Waals surface area contributed by atoms with Crippen LogP contribution in [0.15, 0.2) is 23.1 Å². The van der Waals surface area contributed by atoms with Crippen LogP contribution in [-0.2, 0) is 9.84 Å². The van der Waals surface area contributed by atoms with E-state index < -0.39 is 14.8 Å². The third-order valence-electron chi connectivity index (χ3n) is 1.62. The van der Waals surface area contributed by atoms with Gasteiger partial charge in [0.15, 0.2) is 9.84 Å². The van der Waals surface area contributed by atoms with E-state index in [9.17, 15) is 18.5 Å². The summed E-state index contributed by atoms with van der Waals surface area (Å²) in [5.41, 5.74) is 4.86. The number of nitro groups is 1. The molecule has 0 saturated heterocycles. The van der Waals surface area contributed by atoms with Gasteiger partial charge < -0.3 is 5.73 Å². The molecule has 14 heavy (non-hydrogen) atoms. The highest BCUT2D eigenvalue weighted by Crippen LogP contribution is 2.24. The molecule has 0 amide bonds. The number of hydrogen-bond acceptors (Lipinski definition) is 5. The Morgan fingerprint density at radius 3 is 2.36 bits per heavy atom. The third-order valence-corrected chi connectivity index (χ3v) is 2.73. The Balaban J connectivity index is 3.34. The molecule has 0 fully saturated rings. The van der Waals surface area contributed by atoms with Crippen molar-refractivity contribution in [3.63, 3.8) is 0 Å². The van der Waals surface area contributed by atoms with Crippen molar-refractivity contribution in [3.05, 3.63) is 28.3 Å². The number of benzene rings is 1. The number of nitrogens with two attached hydrogens (primary N) is 1. The van der Waals surface area contributed by atoms with Crippen LogP contribution in [0.4, 0.5) is 11.4 Å². The maximum atomic E-state index is 11.0. The second-order valence-corrected chi connectivity index (χ2v) is 4.77. The first-order chi connectivity index (χ1) is 6.32. The SMILES string of the molecule is CS(=O)(=O)c1ccc([N+](=O)[O-])c(N)c1. The molecule has 6 nitrogen and oxygen atoms in total. The minimum Gasteiger partial charge on any atom is -0.393 e. The lowest BCUT2D eigenvalue weighted by Gasteiger charge is -2.00. The number of rotatable bonds is 2. The van der Waals surface area contributed by atoms with Gasteiger partial charge in [0.25, 0.3) is 5.69 Å². The van der Waals surface area contributed by atoms with E-state index in [-0.39, 0.29) is 16.3 Å². The summed E-state index contributed by atoms with van der Waals surface area (Å²) in [5, 5.41) is 10.4. The molecule has 2 N–H and O–H groups in total. The topological polar surface area (TPSA) is 103 Å². The summed E-state index contributed by atoms with van der Waals surface area (Å²) in [6, 6.07) is 3.31. The van der Waals surface area contributed by atoms with Gasteiger partial charge in [0.1, 0.15) is 5.69 Å². The van der Waals surface area contributed by atoms with Gasteiger partial charge >= 0.3 is 0 Å². The van der Waals surface area contributed by atoms with Gasteiger partial charge in [-0.15, -0.1) is 0 Å². The zero-order chi connectivity index (χ0) is 10.9. The molecule has 0 aliphatic heterocycles. The molecule has 7 heteroatoms. The van der Waals surface area contributed by atoms with Crippen LogP contribution < -0.4 is 5.73 Å². The molecule has 1 aromatic rings. The first-order valence-electron chi connectivity index (χ1n) is 3.56. The van der Waals surface area contributed by atoms with Gasteiger partial charge in [-0.3, -0.25) is 10.1 Å². The van der Waals surface area contributed by atoms with Crippen LogP contribution in [0, 0.1) is 10.1 Å². The molecular formula is C7H8N2O4S. The smallest absolute Gasteiger partial charge is 0.292 e. The minimum absolute atomic E-state index is 0.0272. The second-order valence-electron chi connectivity index (χ2n) is 2.75. The van der Waals surface area contributed by atoms with Crippen LogP contribution in [0.1, 0.15) is 0 Å². The van der Waals surface area contributed by atoms with Crippen molar-refractivity contribution in [2.24, 2.45) is 0 Å². The Morgan fingerprint density at radius 2 is 2.00 bits per heavy atom. The van der Waals surface area contributed by atoms with Crippen LogP contribution in [0.3, 0.4) is 0 Å². The predicted octanol–water partition coefficient (Wildman–Crippen LogP) is 0.581. The zero-order valence-corrected chi connectivity index (χ0v) is 8.11. The van der Waals surface area contributed by atoms with Crippen molar-refractivity contribution in [3.8, 4) is 0 Å². The van der Waals surface area contributed by atoms with Crippen molar-refractivity contribution >= 4 is 21.2 Å². The van der Waals surface area contributed by atoms with Crippen LogP contribution in [0.5, 0.6) is 0 Å². The molecule has 76 valence electrons. The lowest BCUT2D eigenvalue weighted by atomic mass is 10.3. The standard InChI is InChI=1S/C7H8N2O4S/c1-14(12,13)5-2-3-7(9(10)11)6(8)4-5/h2-4H,8H2,1H3. The highest BCUT2D eigenvalue weighted by atomic mass is 32.2. The van der Waals surface area contributed by atoms with Crippen LogP contribution in [0.2, 0.25) is 0 Å². The Kier molecular flexibility index (Phi) is 2.43. The minimum atomic E-state index is -3.37. The Bertz CT molecular complexity index is 480. The number of nitro benzene ring substituents is 1. The van der Waals surface area contributed by atoms with Gasteiger partial charge in [-0.05, 0) is 12.1 Å². The fourth-order valence-corrected chi connectivity index (χ4v) is 1.59. The normalized spacial score (nSPS) is 11.2. The number of nitrogens with zero attached hydrogens (tertiary/aromatic N) is 1. The molecule has 0 aliphatic rings. The largest absolute Gasteiger partial charge is 0.393 e. The molecule has 0 radical (unpaired) electrons. The summed E-state index contributed by atoms with van der Waals surface area (Å²) in [6.07, 6.45) is 1.01. The summed E-state index contributed by atoms with van der Waals surface area (Å²) in [7, 11) is -3.37. The number of sulfone groups is 1. The fourth-order valence-electron chi connectivity index (χ4n) is 0.930. The number of nitrogen functional groups attached to an aromatic ring is 1. The molecule has 0 unspecified atom stereocenters. The summed E-state index contributed by atoms with van der Waals surface area (Å²) >= 11 is 0. The highest BCUT2D eigenvalue weighted by molar-refractivity contribution is 7.90. The van der Waals surface area contributed by atoms with Crippen molar-refractivity contribution in [1.29, 1.82) is 0 Å². The van der Waals surface area contributed by atoms with E-state index in [2.05, 4.69) is 0 Å². The Labute approximate surface area is 80.4 Å². The van der Waals surface area contributed by atoms with E-state index in [0.29, 0.717) is 0 Å². The van der Waals surface area contributed by atoms with E-state index in [4.69, 9.17) is 5.73 Å². The van der Waals surface area contributed by atoms with Gasteiger partial charge in [-0.25, -0.2) is 8.42 Å². The van der Waals surface area contributed by atoms with E-state index in [0.717, 1.165) is 24.5 Å². The zero-order valence-electron chi connectivity index (χ0n) is 7.30. The Morgan fingerprint density at radius 1 is 1.43 bits per heavy atom.